The highest BCUT2D eigenvalue weighted by atomic mass is 16.1. The van der Waals surface area contributed by atoms with E-state index in [-0.39, 0.29) is 5.56 Å². The Morgan fingerprint density at radius 1 is 1.11 bits per heavy atom. The van der Waals surface area contributed by atoms with Crippen LogP contribution in [-0.2, 0) is 13.1 Å². The molecule has 0 unspecified atom stereocenters. The lowest BCUT2D eigenvalue weighted by atomic mass is 9.83. The Bertz CT molecular complexity index is 782. The van der Waals surface area contributed by atoms with Gasteiger partial charge in [-0.25, -0.2) is 0 Å². The third kappa shape index (κ3) is 3.24. The standard InChI is InChI=1S/C22H35N5O/c1-24-9-10-25(2)22(16-24)5-7-26(8-6-22)15-18-3-4-20-19-11-17(12-23-13-19)14-27(20)21(18)28/h3-4,17,19,23H,5-16H2,1-2H3/t17-,19+/m0/s1. The van der Waals surface area contributed by atoms with Gasteiger partial charge < -0.3 is 14.8 Å². The third-order valence-electron chi connectivity index (χ3n) is 7.96. The number of nitrogens with one attached hydrogen (secondary N) is 1. The van der Waals surface area contributed by atoms with Crippen molar-refractivity contribution in [2.75, 3.05) is 59.9 Å². The molecule has 6 heteroatoms. The number of piperidine rings is 2. The summed E-state index contributed by atoms with van der Waals surface area (Å²) in [6.45, 7) is 9.48. The molecule has 4 aliphatic heterocycles. The van der Waals surface area contributed by atoms with Gasteiger partial charge in [0.15, 0.2) is 0 Å². The number of hydrogen-bond acceptors (Lipinski definition) is 5. The maximum atomic E-state index is 13.2. The van der Waals surface area contributed by atoms with Gasteiger partial charge in [0.25, 0.3) is 5.56 Å². The van der Waals surface area contributed by atoms with Crippen LogP contribution in [0.5, 0.6) is 0 Å². The second-order valence-electron chi connectivity index (χ2n) is 9.82. The minimum Gasteiger partial charge on any atom is -0.316 e. The van der Waals surface area contributed by atoms with Crippen molar-refractivity contribution in [2.45, 2.75) is 43.8 Å². The first-order chi connectivity index (χ1) is 13.5. The molecule has 1 aromatic rings. The average Bonchev–Trinajstić information content (AvgIpc) is 2.70. The van der Waals surface area contributed by atoms with Crippen LogP contribution in [0.1, 0.15) is 36.4 Å². The summed E-state index contributed by atoms with van der Waals surface area (Å²) in [7, 11) is 4.55. The van der Waals surface area contributed by atoms with Gasteiger partial charge in [0.2, 0.25) is 0 Å². The number of rotatable bonds is 2. The summed E-state index contributed by atoms with van der Waals surface area (Å²) >= 11 is 0. The summed E-state index contributed by atoms with van der Waals surface area (Å²) in [5.41, 5.74) is 2.84. The number of aromatic nitrogens is 1. The fourth-order valence-corrected chi connectivity index (χ4v) is 6.12. The largest absolute Gasteiger partial charge is 0.316 e. The van der Waals surface area contributed by atoms with Crippen molar-refractivity contribution in [1.82, 2.24) is 24.6 Å². The summed E-state index contributed by atoms with van der Waals surface area (Å²) in [5, 5.41) is 3.53. The number of likely N-dealkylation sites (tertiary alicyclic amines) is 1. The molecule has 0 radical (unpaired) electrons. The lowest BCUT2D eigenvalue weighted by Crippen LogP contribution is -2.63. The Morgan fingerprint density at radius 3 is 2.75 bits per heavy atom. The van der Waals surface area contributed by atoms with Crippen molar-refractivity contribution >= 4 is 0 Å². The first-order valence-corrected chi connectivity index (χ1v) is 11.1. The Labute approximate surface area is 168 Å². The summed E-state index contributed by atoms with van der Waals surface area (Å²) < 4.78 is 2.10. The van der Waals surface area contributed by atoms with E-state index in [1.54, 1.807) is 0 Å². The maximum absolute atomic E-state index is 13.2. The van der Waals surface area contributed by atoms with Gasteiger partial charge in [-0.05, 0) is 51.9 Å². The molecule has 0 amide bonds. The molecule has 3 fully saturated rings. The highest BCUT2D eigenvalue weighted by Crippen LogP contribution is 2.33. The molecule has 1 aromatic heterocycles. The number of piperazine rings is 1. The molecule has 6 nitrogen and oxygen atoms in total. The summed E-state index contributed by atoms with van der Waals surface area (Å²) in [6, 6.07) is 4.36. The molecule has 3 saturated heterocycles. The predicted octanol–water partition coefficient (Wildman–Crippen LogP) is 0.767. The van der Waals surface area contributed by atoms with Gasteiger partial charge in [-0.15, -0.1) is 0 Å². The number of hydrogen-bond donors (Lipinski definition) is 1. The van der Waals surface area contributed by atoms with Crippen molar-refractivity contribution in [2.24, 2.45) is 5.92 Å². The fourth-order valence-electron chi connectivity index (χ4n) is 6.12. The zero-order chi connectivity index (χ0) is 19.3. The molecule has 2 atom stereocenters. The van der Waals surface area contributed by atoms with Crippen molar-refractivity contribution in [1.29, 1.82) is 0 Å². The maximum Gasteiger partial charge on any atom is 0.255 e. The van der Waals surface area contributed by atoms with Crippen molar-refractivity contribution in [3.8, 4) is 0 Å². The van der Waals surface area contributed by atoms with E-state index in [4.69, 9.17) is 0 Å². The van der Waals surface area contributed by atoms with Crippen LogP contribution in [0.2, 0.25) is 0 Å². The molecule has 1 spiro atoms. The van der Waals surface area contributed by atoms with E-state index >= 15 is 0 Å². The molecule has 2 bridgehead atoms. The SMILES string of the molecule is CN1CCN(C)C2(CCN(Cc3ccc4n(c3=O)C[C@@H]3CNC[C@H]4C3)CC2)C1. The molecule has 5 heterocycles. The number of fused-ring (bicyclic) bond motifs is 4. The van der Waals surface area contributed by atoms with E-state index in [9.17, 15) is 4.79 Å². The number of nitrogens with zero attached hydrogens (tertiary/aromatic N) is 4. The van der Waals surface area contributed by atoms with Crippen LogP contribution >= 0.6 is 0 Å². The summed E-state index contributed by atoms with van der Waals surface area (Å²) in [5.74, 6) is 1.13. The van der Waals surface area contributed by atoms with Gasteiger partial charge in [-0.3, -0.25) is 14.6 Å². The van der Waals surface area contributed by atoms with Crippen LogP contribution in [0, 0.1) is 5.92 Å². The second kappa shape index (κ2) is 7.24. The van der Waals surface area contributed by atoms with Gasteiger partial charge in [0, 0.05) is 75.1 Å². The van der Waals surface area contributed by atoms with E-state index < -0.39 is 0 Å². The van der Waals surface area contributed by atoms with Crippen molar-refractivity contribution in [3.05, 3.63) is 33.7 Å². The molecule has 0 aromatic carbocycles. The van der Waals surface area contributed by atoms with Crippen LogP contribution < -0.4 is 10.9 Å². The molecule has 28 heavy (non-hydrogen) atoms. The smallest absolute Gasteiger partial charge is 0.255 e. The quantitative estimate of drug-likeness (QED) is 0.815. The van der Waals surface area contributed by atoms with Gasteiger partial charge >= 0.3 is 0 Å². The fraction of sp³-hybridized carbons (Fsp3) is 0.773. The zero-order valence-electron chi connectivity index (χ0n) is 17.5. The van der Waals surface area contributed by atoms with E-state index in [1.807, 2.05) is 0 Å². The Hall–Kier alpha value is -1.21. The first kappa shape index (κ1) is 18.8. The highest BCUT2D eigenvalue weighted by molar-refractivity contribution is 5.22. The van der Waals surface area contributed by atoms with Crippen LogP contribution in [0.3, 0.4) is 0 Å². The topological polar surface area (TPSA) is 43.8 Å². The molecule has 4 aliphatic rings. The van der Waals surface area contributed by atoms with Crippen LogP contribution in [0.15, 0.2) is 16.9 Å². The Kier molecular flexibility index (Phi) is 4.86. The molecule has 1 N–H and O–H groups in total. The van der Waals surface area contributed by atoms with Gasteiger partial charge in [-0.2, -0.15) is 0 Å². The van der Waals surface area contributed by atoms with E-state index in [0.29, 0.717) is 17.4 Å². The highest BCUT2D eigenvalue weighted by Gasteiger charge is 2.41. The van der Waals surface area contributed by atoms with Crippen LogP contribution in [0.25, 0.3) is 0 Å². The lowest BCUT2D eigenvalue weighted by Gasteiger charge is -2.52. The third-order valence-corrected chi connectivity index (χ3v) is 7.96. The monoisotopic (exact) mass is 385 g/mol. The molecule has 0 aliphatic carbocycles. The normalized spacial score (nSPS) is 31.1. The average molecular weight is 386 g/mol. The van der Waals surface area contributed by atoms with Gasteiger partial charge in [0.1, 0.15) is 0 Å². The lowest BCUT2D eigenvalue weighted by molar-refractivity contribution is -0.0206. The minimum absolute atomic E-state index is 0.268. The zero-order valence-corrected chi connectivity index (χ0v) is 17.5. The molecular formula is C22H35N5O. The van der Waals surface area contributed by atoms with Crippen molar-refractivity contribution < 1.29 is 0 Å². The number of pyridine rings is 1. The molecule has 0 saturated carbocycles. The minimum atomic E-state index is 0.268. The van der Waals surface area contributed by atoms with E-state index in [2.05, 4.69) is 50.8 Å². The van der Waals surface area contributed by atoms with Crippen LogP contribution in [-0.4, -0.2) is 84.7 Å². The van der Waals surface area contributed by atoms with Gasteiger partial charge in [0.05, 0.1) is 0 Å². The first-order valence-electron chi connectivity index (χ1n) is 11.1. The predicted molar refractivity (Wildman–Crippen MR) is 112 cm³/mol. The Morgan fingerprint density at radius 2 is 1.93 bits per heavy atom. The molecular weight excluding hydrogens is 350 g/mol. The summed E-state index contributed by atoms with van der Waals surface area (Å²) in [6.07, 6.45) is 3.65. The second-order valence-corrected chi connectivity index (χ2v) is 9.82. The van der Waals surface area contributed by atoms with E-state index in [1.165, 1.54) is 44.6 Å². The number of likely N-dealkylation sites (N-methyl/N-ethyl adjacent to an activating group) is 2. The van der Waals surface area contributed by atoms with Gasteiger partial charge in [-0.1, -0.05) is 6.07 Å². The summed E-state index contributed by atoms with van der Waals surface area (Å²) in [4.78, 5) is 20.8. The van der Waals surface area contributed by atoms with E-state index in [0.717, 1.165) is 44.8 Å². The molecule has 154 valence electrons. The van der Waals surface area contributed by atoms with Crippen LogP contribution in [0.4, 0.5) is 0 Å². The van der Waals surface area contributed by atoms with Crippen molar-refractivity contribution in [3.63, 3.8) is 0 Å². The Balaban J connectivity index is 1.29. The molecule has 5 rings (SSSR count).